The van der Waals surface area contributed by atoms with Crippen LogP contribution < -0.4 is 16.8 Å². The molecule has 1 heterocycles. The molecule has 102 valence electrons. The quantitative estimate of drug-likeness (QED) is 0.697. The van der Waals surface area contributed by atoms with Crippen LogP contribution >= 0.6 is 11.6 Å². The molecule has 0 aromatic heterocycles. The summed E-state index contributed by atoms with van der Waals surface area (Å²) in [4.78, 5) is 0. The lowest BCUT2D eigenvalue weighted by atomic mass is 10.1. The van der Waals surface area contributed by atoms with Crippen molar-refractivity contribution in [3.63, 3.8) is 0 Å². The van der Waals surface area contributed by atoms with Crippen LogP contribution in [0.25, 0.3) is 5.70 Å². The van der Waals surface area contributed by atoms with Crippen molar-refractivity contribution in [2.75, 3.05) is 18.0 Å². The summed E-state index contributed by atoms with van der Waals surface area (Å²) in [6.07, 6.45) is -3.47. The molecule has 0 spiro atoms. The standard InChI is InChI=1S/C12H11ClF3N3/c13-8-4-7(12(14,15)16)5-19-11(8)6-1-2-9(17)10(18)3-6/h1-4,19H,5,17-18H2. The highest BCUT2D eigenvalue weighted by Gasteiger charge is 2.35. The third-order valence-corrected chi connectivity index (χ3v) is 3.03. The van der Waals surface area contributed by atoms with Crippen molar-refractivity contribution in [2.24, 2.45) is 0 Å². The van der Waals surface area contributed by atoms with Gasteiger partial charge in [0.2, 0.25) is 0 Å². The molecule has 0 saturated carbocycles. The van der Waals surface area contributed by atoms with Crippen molar-refractivity contribution in [1.82, 2.24) is 5.32 Å². The second-order valence-electron chi connectivity index (χ2n) is 4.09. The van der Waals surface area contributed by atoms with Crippen molar-refractivity contribution in [1.29, 1.82) is 0 Å². The van der Waals surface area contributed by atoms with Gasteiger partial charge in [-0.05, 0) is 18.2 Å². The fourth-order valence-electron chi connectivity index (χ4n) is 1.70. The van der Waals surface area contributed by atoms with Crippen LogP contribution in [0.4, 0.5) is 24.5 Å². The van der Waals surface area contributed by atoms with Crippen molar-refractivity contribution in [3.05, 3.63) is 40.4 Å². The first-order valence-corrected chi connectivity index (χ1v) is 5.73. The predicted molar refractivity (Wildman–Crippen MR) is 70.2 cm³/mol. The Morgan fingerprint density at radius 2 is 1.84 bits per heavy atom. The number of nitrogens with one attached hydrogen (secondary N) is 1. The Hall–Kier alpha value is -1.82. The summed E-state index contributed by atoms with van der Waals surface area (Å²) < 4.78 is 37.6. The molecule has 1 aliphatic heterocycles. The second-order valence-corrected chi connectivity index (χ2v) is 4.49. The summed E-state index contributed by atoms with van der Waals surface area (Å²) in [5.41, 5.74) is 12.3. The van der Waals surface area contributed by atoms with Crippen LogP contribution in [0.2, 0.25) is 0 Å². The minimum atomic E-state index is -4.39. The SMILES string of the molecule is Nc1ccc(C2=C(Cl)C=C(C(F)(F)F)CN2)cc1N. The van der Waals surface area contributed by atoms with Crippen LogP contribution in [0, 0.1) is 0 Å². The maximum atomic E-state index is 12.5. The molecular formula is C12H11ClF3N3. The van der Waals surface area contributed by atoms with E-state index in [0.717, 1.165) is 6.08 Å². The maximum absolute atomic E-state index is 12.5. The van der Waals surface area contributed by atoms with Crippen LogP contribution in [-0.2, 0) is 0 Å². The van der Waals surface area contributed by atoms with Crippen molar-refractivity contribution in [2.45, 2.75) is 6.18 Å². The van der Waals surface area contributed by atoms with E-state index in [0.29, 0.717) is 22.6 Å². The van der Waals surface area contributed by atoms with Gasteiger partial charge in [-0.25, -0.2) is 0 Å². The van der Waals surface area contributed by atoms with Gasteiger partial charge in [0.05, 0.1) is 27.7 Å². The normalized spacial score (nSPS) is 16.1. The van der Waals surface area contributed by atoms with Gasteiger partial charge in [0, 0.05) is 12.1 Å². The van der Waals surface area contributed by atoms with Crippen molar-refractivity contribution < 1.29 is 13.2 Å². The number of nitrogens with two attached hydrogens (primary N) is 2. The average molecular weight is 290 g/mol. The largest absolute Gasteiger partial charge is 0.414 e. The van der Waals surface area contributed by atoms with Crippen LogP contribution in [0.5, 0.6) is 0 Å². The molecule has 0 aliphatic carbocycles. The van der Waals surface area contributed by atoms with Gasteiger partial charge < -0.3 is 16.8 Å². The van der Waals surface area contributed by atoms with Gasteiger partial charge in [-0.15, -0.1) is 0 Å². The molecule has 1 aromatic carbocycles. The van der Waals surface area contributed by atoms with E-state index < -0.39 is 11.7 Å². The number of hydrogen-bond acceptors (Lipinski definition) is 3. The molecule has 0 bridgehead atoms. The summed E-state index contributed by atoms with van der Waals surface area (Å²) in [5, 5.41) is 2.64. The number of anilines is 2. The number of benzene rings is 1. The highest BCUT2D eigenvalue weighted by molar-refractivity contribution is 6.34. The van der Waals surface area contributed by atoms with E-state index in [-0.39, 0.29) is 11.6 Å². The first kappa shape index (κ1) is 13.6. The van der Waals surface area contributed by atoms with Crippen LogP contribution in [0.3, 0.4) is 0 Å². The first-order chi connectivity index (χ1) is 8.79. The highest BCUT2D eigenvalue weighted by Crippen LogP contribution is 2.33. The van der Waals surface area contributed by atoms with Gasteiger partial charge in [0.1, 0.15) is 0 Å². The third kappa shape index (κ3) is 2.78. The molecule has 7 heteroatoms. The van der Waals surface area contributed by atoms with Gasteiger partial charge in [-0.2, -0.15) is 13.2 Å². The number of alkyl halides is 3. The topological polar surface area (TPSA) is 64.1 Å². The molecule has 0 amide bonds. The van der Waals surface area contributed by atoms with Gasteiger partial charge in [-0.1, -0.05) is 17.7 Å². The van der Waals surface area contributed by atoms with Crippen molar-refractivity contribution >= 4 is 28.7 Å². The van der Waals surface area contributed by atoms with Crippen molar-refractivity contribution in [3.8, 4) is 0 Å². The molecular weight excluding hydrogens is 279 g/mol. The lowest BCUT2D eigenvalue weighted by Gasteiger charge is -2.21. The molecule has 0 fully saturated rings. The zero-order chi connectivity index (χ0) is 14.2. The van der Waals surface area contributed by atoms with E-state index in [4.69, 9.17) is 23.1 Å². The molecule has 0 saturated heterocycles. The van der Waals surface area contributed by atoms with Crippen LogP contribution in [-0.4, -0.2) is 12.7 Å². The molecule has 0 radical (unpaired) electrons. The van der Waals surface area contributed by atoms with Gasteiger partial charge in [-0.3, -0.25) is 0 Å². The fourth-order valence-corrected chi connectivity index (χ4v) is 2.00. The summed E-state index contributed by atoms with van der Waals surface area (Å²) in [5.74, 6) is 0. The summed E-state index contributed by atoms with van der Waals surface area (Å²) in [6.45, 7) is -0.334. The first-order valence-electron chi connectivity index (χ1n) is 5.36. The maximum Gasteiger partial charge on any atom is 0.414 e. The van der Waals surface area contributed by atoms with Crippen LogP contribution in [0.1, 0.15) is 5.56 Å². The lowest BCUT2D eigenvalue weighted by Crippen LogP contribution is -2.27. The van der Waals surface area contributed by atoms with Gasteiger partial charge in [0.25, 0.3) is 0 Å². The minimum absolute atomic E-state index is 0.0113. The lowest BCUT2D eigenvalue weighted by molar-refractivity contribution is -0.0927. The Bertz CT molecular complexity index is 576. The minimum Gasteiger partial charge on any atom is -0.397 e. The molecule has 2 rings (SSSR count). The summed E-state index contributed by atoms with van der Waals surface area (Å²) in [6, 6.07) is 4.78. The second kappa shape index (κ2) is 4.70. The Morgan fingerprint density at radius 3 is 2.37 bits per heavy atom. The van der Waals surface area contributed by atoms with E-state index >= 15 is 0 Å². The molecule has 19 heavy (non-hydrogen) atoms. The number of hydrogen-bond donors (Lipinski definition) is 3. The Kier molecular flexibility index (Phi) is 3.36. The smallest absolute Gasteiger partial charge is 0.397 e. The Morgan fingerprint density at radius 1 is 1.16 bits per heavy atom. The van der Waals surface area contributed by atoms with Gasteiger partial charge in [0.15, 0.2) is 0 Å². The number of dihydropyridines is 1. The van der Waals surface area contributed by atoms with Gasteiger partial charge >= 0.3 is 6.18 Å². The number of allylic oxidation sites excluding steroid dienone is 2. The zero-order valence-electron chi connectivity index (χ0n) is 9.68. The predicted octanol–water partition coefficient (Wildman–Crippen LogP) is 2.85. The Labute approximate surface area is 112 Å². The number of halogens is 4. The van der Waals surface area contributed by atoms with E-state index in [2.05, 4.69) is 5.32 Å². The highest BCUT2D eigenvalue weighted by atomic mass is 35.5. The molecule has 1 aromatic rings. The summed E-state index contributed by atoms with van der Waals surface area (Å²) >= 11 is 5.88. The molecule has 0 atom stereocenters. The summed E-state index contributed by atoms with van der Waals surface area (Å²) in [7, 11) is 0. The fraction of sp³-hybridized carbons (Fsp3) is 0.167. The molecule has 5 N–H and O–H groups in total. The van der Waals surface area contributed by atoms with E-state index in [9.17, 15) is 13.2 Å². The molecule has 0 unspecified atom stereocenters. The van der Waals surface area contributed by atoms with E-state index in [1.54, 1.807) is 18.2 Å². The number of rotatable bonds is 1. The number of nitrogen functional groups attached to an aromatic ring is 2. The van der Waals surface area contributed by atoms with E-state index in [1.165, 1.54) is 0 Å². The molecule has 3 nitrogen and oxygen atoms in total. The van der Waals surface area contributed by atoms with Crippen LogP contribution in [0.15, 0.2) is 34.9 Å². The Balaban J connectivity index is 2.41. The third-order valence-electron chi connectivity index (χ3n) is 2.73. The zero-order valence-corrected chi connectivity index (χ0v) is 10.4. The molecule has 1 aliphatic rings. The average Bonchev–Trinajstić information content (AvgIpc) is 2.31. The monoisotopic (exact) mass is 289 g/mol. The van der Waals surface area contributed by atoms with E-state index in [1.807, 2.05) is 0 Å².